The molecule has 184 valence electrons. The van der Waals surface area contributed by atoms with Crippen LogP contribution < -0.4 is 10.2 Å². The van der Waals surface area contributed by atoms with Crippen LogP contribution in [0.3, 0.4) is 0 Å². The van der Waals surface area contributed by atoms with Crippen LogP contribution in [0, 0.1) is 0 Å². The minimum Gasteiger partial charge on any atom is -0.472 e. The Morgan fingerprint density at radius 1 is 1.14 bits per heavy atom. The average molecular weight is 505 g/mol. The van der Waals surface area contributed by atoms with Crippen molar-refractivity contribution in [2.45, 2.75) is 31.4 Å². The van der Waals surface area contributed by atoms with Gasteiger partial charge in [0.05, 0.1) is 29.0 Å². The number of carbonyl (C=O) groups is 2. The number of carbonyl (C=O) groups excluding carboxylic acids is 2. The van der Waals surface area contributed by atoms with Crippen LogP contribution in [0.1, 0.15) is 45.3 Å². The molecule has 1 aliphatic heterocycles. The number of benzene rings is 1. The molecule has 3 aromatic rings. The third-order valence-electron chi connectivity index (χ3n) is 6.39. The second-order valence-corrected chi connectivity index (χ2v) is 9.68. The molecular weight excluding hydrogens is 481 g/mol. The fourth-order valence-corrected chi connectivity index (χ4v) is 5.62. The second kappa shape index (κ2) is 9.37. The van der Waals surface area contributed by atoms with Gasteiger partial charge in [-0.1, -0.05) is 6.07 Å². The van der Waals surface area contributed by atoms with E-state index in [0.29, 0.717) is 54.7 Å². The first kappa shape index (κ1) is 23.4. The number of alkyl halides is 3. The molecule has 0 spiro atoms. The molecule has 5 rings (SSSR count). The Morgan fingerprint density at radius 2 is 1.94 bits per heavy atom. The van der Waals surface area contributed by atoms with E-state index in [1.54, 1.807) is 17.0 Å². The van der Waals surface area contributed by atoms with Crippen LogP contribution >= 0.6 is 11.3 Å². The first-order chi connectivity index (χ1) is 16.8. The van der Waals surface area contributed by atoms with Crippen LogP contribution in [-0.4, -0.2) is 47.9 Å². The van der Waals surface area contributed by atoms with E-state index >= 15 is 0 Å². The van der Waals surface area contributed by atoms with Crippen molar-refractivity contribution >= 4 is 34.0 Å². The lowest BCUT2D eigenvalue weighted by molar-refractivity contribution is -0.137. The first-order valence-corrected chi connectivity index (χ1v) is 12.2. The Bertz CT molecular complexity index is 1220. The van der Waals surface area contributed by atoms with E-state index in [1.807, 2.05) is 4.90 Å². The van der Waals surface area contributed by atoms with Crippen molar-refractivity contribution in [2.24, 2.45) is 0 Å². The minimum atomic E-state index is -4.39. The summed E-state index contributed by atoms with van der Waals surface area (Å²) < 4.78 is 44.2. The summed E-state index contributed by atoms with van der Waals surface area (Å²) in [6.07, 6.45) is 0.722. The van der Waals surface area contributed by atoms with Crippen molar-refractivity contribution in [1.82, 2.24) is 9.88 Å². The molecule has 1 unspecified atom stereocenters. The standard InChI is InChI=1S/C24H23F3N4O3S/c25-24(26,27)16-3-1-4-17(13-16)30-8-10-31(11-9-30)22(33)18-5-2-6-19-20(18)28-23(35-19)29-21(32)15-7-12-34-14-15/h1,3-4,7,12-14,18H,2,5-6,8-11H2,(H,28,29,32). The number of halogens is 3. The van der Waals surface area contributed by atoms with Gasteiger partial charge >= 0.3 is 6.18 Å². The maximum atomic E-state index is 13.4. The fourth-order valence-electron chi connectivity index (χ4n) is 4.56. The molecule has 0 radical (unpaired) electrons. The third kappa shape index (κ3) is 4.90. The molecule has 3 heterocycles. The fraction of sp³-hybridized carbons (Fsp3) is 0.375. The SMILES string of the molecule is O=C(Nc1nc2c(s1)CCCC2C(=O)N1CCN(c2cccc(C(F)(F)F)c2)CC1)c1ccoc1. The van der Waals surface area contributed by atoms with Gasteiger partial charge in [0.2, 0.25) is 5.91 Å². The lowest BCUT2D eigenvalue weighted by Gasteiger charge is -2.38. The number of furan rings is 1. The van der Waals surface area contributed by atoms with Gasteiger partial charge in [-0.05, 0) is 43.5 Å². The van der Waals surface area contributed by atoms with Crippen molar-refractivity contribution in [3.63, 3.8) is 0 Å². The van der Waals surface area contributed by atoms with Gasteiger partial charge < -0.3 is 14.2 Å². The number of aromatic nitrogens is 1. The van der Waals surface area contributed by atoms with Crippen LogP contribution in [0.25, 0.3) is 0 Å². The molecule has 11 heteroatoms. The summed E-state index contributed by atoms with van der Waals surface area (Å²) in [5.41, 5.74) is 0.935. The Kier molecular flexibility index (Phi) is 6.26. The number of hydrogen-bond acceptors (Lipinski definition) is 6. The van der Waals surface area contributed by atoms with Crippen molar-refractivity contribution in [2.75, 3.05) is 36.4 Å². The number of hydrogen-bond donors (Lipinski definition) is 1. The summed E-state index contributed by atoms with van der Waals surface area (Å²) in [6, 6.07) is 6.84. The molecule has 1 aromatic carbocycles. The number of rotatable bonds is 4. The maximum absolute atomic E-state index is 13.4. The molecule has 2 aliphatic rings. The molecule has 1 atom stereocenters. The van der Waals surface area contributed by atoms with Crippen LogP contribution in [0.5, 0.6) is 0 Å². The van der Waals surface area contributed by atoms with E-state index in [9.17, 15) is 22.8 Å². The van der Waals surface area contributed by atoms with Crippen molar-refractivity contribution in [3.8, 4) is 0 Å². The number of amides is 2. The van der Waals surface area contributed by atoms with Gasteiger partial charge in [-0.3, -0.25) is 14.9 Å². The second-order valence-electron chi connectivity index (χ2n) is 8.60. The molecule has 1 saturated heterocycles. The normalized spacial score (nSPS) is 18.3. The Morgan fingerprint density at radius 3 is 2.66 bits per heavy atom. The molecule has 35 heavy (non-hydrogen) atoms. The maximum Gasteiger partial charge on any atom is 0.416 e. The predicted molar refractivity (Wildman–Crippen MR) is 125 cm³/mol. The van der Waals surface area contributed by atoms with Gasteiger partial charge in [0, 0.05) is 36.7 Å². The highest BCUT2D eigenvalue weighted by atomic mass is 32.1. The van der Waals surface area contributed by atoms with E-state index in [-0.39, 0.29) is 17.7 Å². The van der Waals surface area contributed by atoms with Crippen molar-refractivity contribution < 1.29 is 27.2 Å². The number of aryl methyl sites for hydroxylation is 1. The van der Waals surface area contributed by atoms with E-state index < -0.39 is 11.7 Å². The van der Waals surface area contributed by atoms with E-state index in [0.717, 1.165) is 29.9 Å². The average Bonchev–Trinajstić information content (AvgIpc) is 3.53. The summed E-state index contributed by atoms with van der Waals surface area (Å²) in [5, 5.41) is 3.23. The zero-order valence-electron chi connectivity index (χ0n) is 18.7. The van der Waals surface area contributed by atoms with E-state index in [2.05, 4.69) is 10.3 Å². The van der Waals surface area contributed by atoms with Gasteiger partial charge in [0.1, 0.15) is 6.26 Å². The number of fused-ring (bicyclic) bond motifs is 1. The highest BCUT2D eigenvalue weighted by molar-refractivity contribution is 7.16. The van der Waals surface area contributed by atoms with Crippen LogP contribution in [0.15, 0.2) is 47.3 Å². The first-order valence-electron chi connectivity index (χ1n) is 11.3. The Balaban J connectivity index is 1.24. The molecule has 1 fully saturated rings. The molecular formula is C24H23F3N4O3S. The molecule has 0 saturated carbocycles. The van der Waals surface area contributed by atoms with Crippen molar-refractivity contribution in [1.29, 1.82) is 0 Å². The van der Waals surface area contributed by atoms with Gasteiger partial charge in [0.15, 0.2) is 5.13 Å². The lowest BCUT2D eigenvalue weighted by Crippen LogP contribution is -2.50. The van der Waals surface area contributed by atoms with Crippen molar-refractivity contribution in [3.05, 3.63) is 64.6 Å². The van der Waals surface area contributed by atoms with Gasteiger partial charge in [0.25, 0.3) is 5.91 Å². The predicted octanol–water partition coefficient (Wildman–Crippen LogP) is 4.78. The topological polar surface area (TPSA) is 78.7 Å². The highest BCUT2D eigenvalue weighted by Gasteiger charge is 2.35. The van der Waals surface area contributed by atoms with E-state index in [4.69, 9.17) is 4.42 Å². The molecule has 7 nitrogen and oxygen atoms in total. The summed E-state index contributed by atoms with van der Waals surface area (Å²) in [5.74, 6) is -0.722. The number of piperazine rings is 1. The lowest BCUT2D eigenvalue weighted by atomic mass is 9.89. The summed E-state index contributed by atoms with van der Waals surface area (Å²) in [7, 11) is 0. The van der Waals surface area contributed by atoms with E-state index in [1.165, 1.54) is 29.9 Å². The zero-order chi connectivity index (χ0) is 24.6. The van der Waals surface area contributed by atoms with Crippen LogP contribution in [0.4, 0.5) is 24.0 Å². The molecule has 2 amide bonds. The number of anilines is 2. The van der Waals surface area contributed by atoms with Gasteiger partial charge in [-0.2, -0.15) is 13.2 Å². The largest absolute Gasteiger partial charge is 0.472 e. The Hall–Kier alpha value is -3.34. The number of nitrogens with zero attached hydrogens (tertiary/aromatic N) is 3. The number of thiazole rings is 1. The van der Waals surface area contributed by atoms with Crippen LogP contribution in [-0.2, 0) is 17.4 Å². The highest BCUT2D eigenvalue weighted by Crippen LogP contribution is 2.38. The number of nitrogens with one attached hydrogen (secondary N) is 1. The quantitative estimate of drug-likeness (QED) is 0.554. The monoisotopic (exact) mass is 504 g/mol. The Labute approximate surface area is 203 Å². The van der Waals surface area contributed by atoms with Crippen LogP contribution in [0.2, 0.25) is 0 Å². The smallest absolute Gasteiger partial charge is 0.416 e. The minimum absolute atomic E-state index is 0.0207. The molecule has 1 N–H and O–H groups in total. The summed E-state index contributed by atoms with van der Waals surface area (Å²) in [4.78, 5) is 34.9. The molecule has 0 bridgehead atoms. The zero-order valence-corrected chi connectivity index (χ0v) is 19.5. The summed E-state index contributed by atoms with van der Waals surface area (Å²) >= 11 is 1.39. The molecule has 1 aliphatic carbocycles. The summed E-state index contributed by atoms with van der Waals surface area (Å²) in [6.45, 7) is 1.76. The molecule has 2 aromatic heterocycles. The van der Waals surface area contributed by atoms with Gasteiger partial charge in [-0.15, -0.1) is 11.3 Å². The third-order valence-corrected chi connectivity index (χ3v) is 7.43. The van der Waals surface area contributed by atoms with Gasteiger partial charge in [-0.25, -0.2) is 4.98 Å².